The van der Waals surface area contributed by atoms with Crippen molar-refractivity contribution >= 4 is 5.78 Å². The molecule has 0 aliphatic carbocycles. The summed E-state index contributed by atoms with van der Waals surface area (Å²) < 4.78 is 1.62. The Hall–Kier alpha value is -2.04. The van der Waals surface area contributed by atoms with E-state index in [-0.39, 0.29) is 5.78 Å². The molecule has 0 aliphatic rings. The van der Waals surface area contributed by atoms with Gasteiger partial charge in [0.1, 0.15) is 11.4 Å². The maximum atomic E-state index is 12.2. The maximum Gasteiger partial charge on any atom is 0.230 e. The van der Waals surface area contributed by atoms with Crippen LogP contribution < -0.4 is 0 Å². The van der Waals surface area contributed by atoms with Gasteiger partial charge < -0.3 is 0 Å². The number of rotatable bonds is 4. The van der Waals surface area contributed by atoms with Crippen LogP contribution in [0.25, 0.3) is 0 Å². The molecule has 2 rings (SSSR count). The van der Waals surface area contributed by atoms with Crippen molar-refractivity contribution in [3.05, 3.63) is 41.5 Å². The summed E-state index contributed by atoms with van der Waals surface area (Å²) in [7, 11) is 0. The van der Waals surface area contributed by atoms with E-state index >= 15 is 0 Å². The topological polar surface area (TPSA) is 60.7 Å². The summed E-state index contributed by atoms with van der Waals surface area (Å²) in [5.74, 6) is -0.132. The minimum atomic E-state index is -0.132. The van der Waals surface area contributed by atoms with Crippen LogP contribution in [-0.2, 0) is 6.54 Å². The Morgan fingerprint density at radius 3 is 2.94 bits per heavy atom. The van der Waals surface area contributed by atoms with Gasteiger partial charge in [0.2, 0.25) is 5.78 Å². The van der Waals surface area contributed by atoms with Gasteiger partial charge in [0.05, 0.1) is 6.20 Å². The highest BCUT2D eigenvalue weighted by atomic mass is 16.1. The highest BCUT2D eigenvalue weighted by molar-refractivity contribution is 6.06. The molecule has 0 atom stereocenters. The molecule has 0 spiro atoms. The van der Waals surface area contributed by atoms with Gasteiger partial charge in [0.15, 0.2) is 0 Å². The molecular formula is C12H14N4O. The van der Waals surface area contributed by atoms with Crippen LogP contribution in [0.4, 0.5) is 0 Å². The van der Waals surface area contributed by atoms with Crippen molar-refractivity contribution in [3.63, 3.8) is 0 Å². The van der Waals surface area contributed by atoms with E-state index in [2.05, 4.69) is 15.3 Å². The van der Waals surface area contributed by atoms with Crippen LogP contribution in [-0.4, -0.2) is 25.8 Å². The minimum Gasteiger partial charge on any atom is -0.285 e. The number of nitrogens with zero attached hydrogens (tertiary/aromatic N) is 4. The fourth-order valence-electron chi connectivity index (χ4n) is 1.61. The van der Waals surface area contributed by atoms with Crippen molar-refractivity contribution in [1.29, 1.82) is 0 Å². The lowest BCUT2D eigenvalue weighted by Crippen LogP contribution is -2.13. The number of aryl methyl sites for hydroxylation is 2. The van der Waals surface area contributed by atoms with E-state index in [0.29, 0.717) is 17.9 Å². The van der Waals surface area contributed by atoms with Crippen LogP contribution in [0.5, 0.6) is 0 Å². The lowest BCUT2D eigenvalue weighted by atomic mass is 10.2. The molecule has 88 valence electrons. The average molecular weight is 230 g/mol. The second-order valence-corrected chi connectivity index (χ2v) is 3.84. The molecule has 0 bridgehead atoms. The van der Waals surface area contributed by atoms with E-state index in [4.69, 9.17) is 0 Å². The largest absolute Gasteiger partial charge is 0.285 e. The predicted octanol–water partition coefficient (Wildman–Crippen LogP) is 1.62. The molecule has 0 N–H and O–H groups in total. The van der Waals surface area contributed by atoms with E-state index < -0.39 is 0 Å². The normalized spacial score (nSPS) is 10.5. The fourth-order valence-corrected chi connectivity index (χ4v) is 1.61. The van der Waals surface area contributed by atoms with Crippen molar-refractivity contribution < 1.29 is 4.79 Å². The fraction of sp³-hybridized carbons (Fsp3) is 0.333. The maximum absolute atomic E-state index is 12.2. The Kier molecular flexibility index (Phi) is 3.27. The number of hydrogen-bond acceptors (Lipinski definition) is 4. The number of hydrogen-bond donors (Lipinski definition) is 0. The lowest BCUT2D eigenvalue weighted by Gasteiger charge is -2.03. The number of aromatic nitrogens is 4. The quantitative estimate of drug-likeness (QED) is 0.749. The van der Waals surface area contributed by atoms with Crippen molar-refractivity contribution in [2.24, 2.45) is 0 Å². The van der Waals surface area contributed by atoms with Gasteiger partial charge in [0, 0.05) is 12.2 Å². The molecule has 0 saturated carbocycles. The van der Waals surface area contributed by atoms with Gasteiger partial charge in [-0.3, -0.25) is 4.79 Å². The molecule has 0 saturated heterocycles. The molecular weight excluding hydrogens is 216 g/mol. The van der Waals surface area contributed by atoms with Gasteiger partial charge in [-0.25, -0.2) is 9.67 Å². The molecule has 5 nitrogen and oxygen atoms in total. The van der Waals surface area contributed by atoms with Crippen molar-refractivity contribution in [2.75, 3.05) is 0 Å². The molecule has 0 amide bonds. The van der Waals surface area contributed by atoms with Crippen molar-refractivity contribution in [3.8, 4) is 0 Å². The van der Waals surface area contributed by atoms with Gasteiger partial charge in [-0.15, -0.1) is 5.10 Å². The molecule has 0 aromatic carbocycles. The standard InChI is InChI=1S/C12H14N4O/c1-3-7-16-11(8-13-15-16)12(17)10-6-4-5-9(2)14-10/h4-6,8H,3,7H2,1-2H3. The Labute approximate surface area is 99.5 Å². The summed E-state index contributed by atoms with van der Waals surface area (Å²) in [5, 5.41) is 7.67. The third kappa shape index (κ3) is 2.38. The number of carbonyl (C=O) groups excluding carboxylic acids is 1. The summed E-state index contributed by atoms with van der Waals surface area (Å²) in [5.41, 5.74) is 1.75. The first-order chi connectivity index (χ1) is 8.22. The first-order valence-electron chi connectivity index (χ1n) is 5.59. The minimum absolute atomic E-state index is 0.132. The van der Waals surface area contributed by atoms with Crippen molar-refractivity contribution in [2.45, 2.75) is 26.8 Å². The molecule has 17 heavy (non-hydrogen) atoms. The van der Waals surface area contributed by atoms with Crippen molar-refractivity contribution in [1.82, 2.24) is 20.0 Å². The van der Waals surface area contributed by atoms with Gasteiger partial charge >= 0.3 is 0 Å². The van der Waals surface area contributed by atoms with Crippen LogP contribution in [0.1, 0.15) is 35.2 Å². The second-order valence-electron chi connectivity index (χ2n) is 3.84. The summed E-state index contributed by atoms with van der Waals surface area (Å²) in [6, 6.07) is 5.39. The Morgan fingerprint density at radius 1 is 1.41 bits per heavy atom. The molecule has 0 fully saturated rings. The predicted molar refractivity (Wildman–Crippen MR) is 62.7 cm³/mol. The molecule has 0 unspecified atom stereocenters. The van der Waals surface area contributed by atoms with Crippen LogP contribution in [0.3, 0.4) is 0 Å². The van der Waals surface area contributed by atoms with Crippen LogP contribution in [0, 0.1) is 6.92 Å². The van der Waals surface area contributed by atoms with Gasteiger partial charge in [-0.05, 0) is 25.5 Å². The number of pyridine rings is 1. The summed E-state index contributed by atoms with van der Waals surface area (Å²) in [6.07, 6.45) is 2.40. The lowest BCUT2D eigenvalue weighted by molar-refractivity contribution is 0.102. The highest BCUT2D eigenvalue weighted by Crippen LogP contribution is 2.07. The SMILES string of the molecule is CCCn1nncc1C(=O)c1cccc(C)n1. The summed E-state index contributed by atoms with van der Waals surface area (Å²) in [6.45, 7) is 4.58. The Morgan fingerprint density at radius 2 is 2.24 bits per heavy atom. The first-order valence-corrected chi connectivity index (χ1v) is 5.59. The van der Waals surface area contributed by atoms with Crippen LogP contribution in [0.15, 0.2) is 24.4 Å². The molecule has 5 heteroatoms. The van der Waals surface area contributed by atoms with Gasteiger partial charge in [-0.1, -0.05) is 18.2 Å². The van der Waals surface area contributed by atoms with E-state index in [1.165, 1.54) is 6.20 Å². The summed E-state index contributed by atoms with van der Waals surface area (Å²) in [4.78, 5) is 16.4. The Balaban J connectivity index is 2.33. The second kappa shape index (κ2) is 4.86. The molecule has 2 aromatic rings. The van der Waals surface area contributed by atoms with Crippen LogP contribution >= 0.6 is 0 Å². The molecule has 2 heterocycles. The smallest absolute Gasteiger partial charge is 0.230 e. The van der Waals surface area contributed by atoms with Gasteiger partial charge in [-0.2, -0.15) is 0 Å². The zero-order valence-electron chi connectivity index (χ0n) is 9.92. The van der Waals surface area contributed by atoms with E-state index in [0.717, 1.165) is 12.1 Å². The van der Waals surface area contributed by atoms with E-state index in [1.54, 1.807) is 10.7 Å². The first kappa shape index (κ1) is 11.4. The average Bonchev–Trinajstić information content (AvgIpc) is 2.77. The van der Waals surface area contributed by atoms with Crippen LogP contribution in [0.2, 0.25) is 0 Å². The van der Waals surface area contributed by atoms with E-state index in [1.807, 2.05) is 26.0 Å². The van der Waals surface area contributed by atoms with E-state index in [9.17, 15) is 4.79 Å². The third-order valence-electron chi connectivity index (χ3n) is 2.41. The molecule has 0 aliphatic heterocycles. The third-order valence-corrected chi connectivity index (χ3v) is 2.41. The number of carbonyl (C=O) groups is 1. The molecule has 0 radical (unpaired) electrons. The monoisotopic (exact) mass is 230 g/mol. The molecule has 2 aromatic heterocycles. The summed E-state index contributed by atoms with van der Waals surface area (Å²) >= 11 is 0. The van der Waals surface area contributed by atoms with Gasteiger partial charge in [0.25, 0.3) is 0 Å². The zero-order chi connectivity index (χ0) is 12.3. The number of ketones is 1. The Bertz CT molecular complexity index is 533. The zero-order valence-corrected chi connectivity index (χ0v) is 9.92. The highest BCUT2D eigenvalue weighted by Gasteiger charge is 2.16.